The number of carboxylic acid groups (broad SMARTS) is 1. The van der Waals surface area contributed by atoms with Crippen LogP contribution in [0.15, 0.2) is 47.4 Å². The monoisotopic (exact) mass is 422 g/mol. The minimum atomic E-state index is -3.45. The van der Waals surface area contributed by atoms with Gasteiger partial charge in [-0.2, -0.15) is 0 Å². The van der Waals surface area contributed by atoms with Crippen LogP contribution in [-0.4, -0.2) is 50.0 Å². The molecule has 2 N–H and O–H groups in total. The first-order valence-corrected chi connectivity index (χ1v) is 11.1. The fourth-order valence-corrected chi connectivity index (χ4v) is 3.74. The zero-order chi connectivity index (χ0) is 21.0. The van der Waals surface area contributed by atoms with E-state index in [0.717, 1.165) is 17.9 Å². The zero-order valence-electron chi connectivity index (χ0n) is 16.0. The third-order valence-electron chi connectivity index (χ3n) is 4.79. The molecule has 0 aromatic heterocycles. The van der Waals surface area contributed by atoms with Gasteiger partial charge in [0.2, 0.25) is 0 Å². The van der Waals surface area contributed by atoms with Gasteiger partial charge in [-0.15, -0.1) is 0 Å². The summed E-state index contributed by atoms with van der Waals surface area (Å²) < 4.78 is 42.9. The lowest BCUT2D eigenvalue weighted by Gasteiger charge is -2.30. The van der Waals surface area contributed by atoms with Gasteiger partial charge in [-0.1, -0.05) is 12.1 Å². The molecule has 1 amide bonds. The topological polar surface area (TPSA) is 95.9 Å². The van der Waals surface area contributed by atoms with Crippen molar-refractivity contribution in [3.8, 4) is 5.75 Å². The second-order valence-electron chi connectivity index (χ2n) is 7.00. The molecule has 0 unspecified atom stereocenters. The summed E-state index contributed by atoms with van der Waals surface area (Å²) in [5.41, 5.74) is 1.13. The number of likely N-dealkylation sites (tertiary alicyclic amines) is 1. The molecule has 0 saturated carbocycles. The standard InChI is InChI=1S/C20H23FN2O5S/c1-29(26,27)17-6-7-19(18(21)12-17)22-13-14-2-4-15(5-3-14)28-16-8-10-23(11-9-16)20(24)25/h2-7,12,16,22H,8-11,13H2,1H3,(H,24,25). The SMILES string of the molecule is CS(=O)(=O)c1ccc(NCc2ccc(OC3CCN(C(=O)O)CC3)cc2)c(F)c1. The second-order valence-corrected chi connectivity index (χ2v) is 9.01. The summed E-state index contributed by atoms with van der Waals surface area (Å²) in [5, 5.41) is 11.9. The molecule has 2 aromatic carbocycles. The van der Waals surface area contributed by atoms with E-state index in [-0.39, 0.29) is 16.7 Å². The number of nitrogens with one attached hydrogen (secondary N) is 1. The fraction of sp³-hybridized carbons (Fsp3) is 0.350. The largest absolute Gasteiger partial charge is 0.490 e. The smallest absolute Gasteiger partial charge is 0.407 e. The maximum atomic E-state index is 14.1. The lowest BCUT2D eigenvalue weighted by Crippen LogP contribution is -2.41. The Morgan fingerprint density at radius 2 is 1.86 bits per heavy atom. The number of ether oxygens (including phenoxy) is 1. The van der Waals surface area contributed by atoms with Crippen LogP contribution in [0.25, 0.3) is 0 Å². The van der Waals surface area contributed by atoms with Gasteiger partial charge in [0, 0.05) is 38.7 Å². The Balaban J connectivity index is 1.53. The zero-order valence-corrected chi connectivity index (χ0v) is 16.8. The Kier molecular flexibility index (Phi) is 6.26. The Bertz CT molecular complexity index is 971. The maximum absolute atomic E-state index is 14.1. The van der Waals surface area contributed by atoms with Gasteiger partial charge in [0.15, 0.2) is 9.84 Å². The fourth-order valence-electron chi connectivity index (χ4n) is 3.11. The highest BCUT2D eigenvalue weighted by Crippen LogP contribution is 2.22. The van der Waals surface area contributed by atoms with Gasteiger partial charge in [0.05, 0.1) is 10.6 Å². The molecule has 1 aliphatic rings. The van der Waals surface area contributed by atoms with E-state index >= 15 is 0 Å². The highest BCUT2D eigenvalue weighted by Gasteiger charge is 2.23. The van der Waals surface area contributed by atoms with Crippen molar-refractivity contribution in [2.45, 2.75) is 30.4 Å². The number of amides is 1. The van der Waals surface area contributed by atoms with Crippen LogP contribution >= 0.6 is 0 Å². The van der Waals surface area contributed by atoms with Crippen LogP contribution in [0.5, 0.6) is 5.75 Å². The van der Waals surface area contributed by atoms with Gasteiger partial charge in [-0.3, -0.25) is 0 Å². The van der Waals surface area contributed by atoms with Crippen LogP contribution in [0, 0.1) is 5.82 Å². The molecular formula is C20H23FN2O5S. The number of piperidine rings is 1. The lowest BCUT2D eigenvalue weighted by atomic mass is 10.1. The van der Waals surface area contributed by atoms with Gasteiger partial charge < -0.3 is 20.1 Å². The predicted molar refractivity (Wildman–Crippen MR) is 107 cm³/mol. The average Bonchev–Trinajstić information content (AvgIpc) is 2.68. The lowest BCUT2D eigenvalue weighted by molar-refractivity contribution is 0.0894. The molecular weight excluding hydrogens is 399 g/mol. The molecule has 0 bridgehead atoms. The van der Waals surface area contributed by atoms with Crippen molar-refractivity contribution in [3.63, 3.8) is 0 Å². The minimum Gasteiger partial charge on any atom is -0.490 e. The molecule has 1 fully saturated rings. The van der Waals surface area contributed by atoms with Crippen molar-refractivity contribution < 1.29 is 27.4 Å². The maximum Gasteiger partial charge on any atom is 0.407 e. The number of carbonyl (C=O) groups is 1. The highest BCUT2D eigenvalue weighted by atomic mass is 32.2. The normalized spacial score (nSPS) is 15.2. The minimum absolute atomic E-state index is 0.0166. The first-order valence-electron chi connectivity index (χ1n) is 9.19. The van der Waals surface area contributed by atoms with Crippen molar-refractivity contribution in [1.82, 2.24) is 4.90 Å². The third-order valence-corrected chi connectivity index (χ3v) is 5.90. The van der Waals surface area contributed by atoms with Crippen LogP contribution in [0.3, 0.4) is 0 Å². The van der Waals surface area contributed by atoms with E-state index in [1.807, 2.05) is 24.3 Å². The van der Waals surface area contributed by atoms with E-state index in [0.29, 0.717) is 38.2 Å². The van der Waals surface area contributed by atoms with Crippen LogP contribution in [0.4, 0.5) is 14.9 Å². The molecule has 1 aliphatic heterocycles. The van der Waals surface area contributed by atoms with Crippen LogP contribution in [-0.2, 0) is 16.4 Å². The van der Waals surface area contributed by atoms with E-state index in [9.17, 15) is 17.6 Å². The van der Waals surface area contributed by atoms with Crippen LogP contribution in [0.1, 0.15) is 18.4 Å². The number of hydrogen-bond acceptors (Lipinski definition) is 5. The molecule has 9 heteroatoms. The molecule has 2 aromatic rings. The molecule has 156 valence electrons. The second kappa shape index (κ2) is 8.69. The number of rotatable bonds is 6. The summed E-state index contributed by atoms with van der Waals surface area (Å²) in [6, 6.07) is 11.1. The quantitative estimate of drug-likeness (QED) is 0.741. The summed E-state index contributed by atoms with van der Waals surface area (Å²) in [6.45, 7) is 1.30. The van der Waals surface area contributed by atoms with Crippen molar-refractivity contribution >= 4 is 21.6 Å². The number of benzene rings is 2. The number of anilines is 1. The molecule has 0 radical (unpaired) electrons. The number of halogens is 1. The molecule has 0 atom stereocenters. The van der Waals surface area contributed by atoms with Gasteiger partial charge in [-0.05, 0) is 35.9 Å². The highest BCUT2D eigenvalue weighted by molar-refractivity contribution is 7.90. The Hall–Kier alpha value is -2.81. The van der Waals surface area contributed by atoms with Crippen molar-refractivity contribution in [1.29, 1.82) is 0 Å². The summed E-state index contributed by atoms with van der Waals surface area (Å²) in [4.78, 5) is 12.3. The first kappa shape index (κ1) is 20.9. The molecule has 3 rings (SSSR count). The molecule has 0 spiro atoms. The third kappa shape index (κ3) is 5.60. The van der Waals surface area contributed by atoms with E-state index in [1.54, 1.807) is 0 Å². The van der Waals surface area contributed by atoms with Gasteiger partial charge in [0.25, 0.3) is 0 Å². The van der Waals surface area contributed by atoms with Gasteiger partial charge in [-0.25, -0.2) is 17.6 Å². The predicted octanol–water partition coefficient (Wildman–Crippen LogP) is 3.36. The van der Waals surface area contributed by atoms with Crippen molar-refractivity contribution in [3.05, 3.63) is 53.8 Å². The summed E-state index contributed by atoms with van der Waals surface area (Å²) in [7, 11) is -3.45. The van der Waals surface area contributed by atoms with Crippen LogP contribution < -0.4 is 10.1 Å². The number of hydrogen-bond donors (Lipinski definition) is 2. The van der Waals surface area contributed by atoms with E-state index in [1.165, 1.54) is 17.0 Å². The molecule has 1 saturated heterocycles. The molecule has 1 heterocycles. The summed E-state index contributed by atoms with van der Waals surface area (Å²) in [6.07, 6.45) is 1.42. The summed E-state index contributed by atoms with van der Waals surface area (Å²) >= 11 is 0. The average molecular weight is 422 g/mol. The number of nitrogens with zero attached hydrogens (tertiary/aromatic N) is 1. The van der Waals surface area contributed by atoms with Gasteiger partial charge in [0.1, 0.15) is 17.7 Å². The van der Waals surface area contributed by atoms with E-state index in [2.05, 4.69) is 5.32 Å². The van der Waals surface area contributed by atoms with Gasteiger partial charge >= 0.3 is 6.09 Å². The Morgan fingerprint density at radius 1 is 1.21 bits per heavy atom. The first-order chi connectivity index (χ1) is 13.7. The molecule has 0 aliphatic carbocycles. The summed E-state index contributed by atoms with van der Waals surface area (Å²) in [5.74, 6) is 0.0757. The Morgan fingerprint density at radius 3 is 2.41 bits per heavy atom. The van der Waals surface area contributed by atoms with Crippen molar-refractivity contribution in [2.75, 3.05) is 24.7 Å². The molecule has 29 heavy (non-hydrogen) atoms. The van der Waals surface area contributed by atoms with Crippen molar-refractivity contribution in [2.24, 2.45) is 0 Å². The Labute approximate surface area is 169 Å². The number of sulfone groups is 1. The van der Waals surface area contributed by atoms with E-state index in [4.69, 9.17) is 9.84 Å². The van der Waals surface area contributed by atoms with E-state index < -0.39 is 21.7 Å². The van der Waals surface area contributed by atoms with Crippen LogP contribution in [0.2, 0.25) is 0 Å². The molecule has 7 nitrogen and oxygen atoms in total.